The van der Waals surface area contributed by atoms with Gasteiger partial charge in [0.2, 0.25) is 0 Å². The van der Waals surface area contributed by atoms with Gasteiger partial charge in [0.05, 0.1) is 11.8 Å². The Morgan fingerprint density at radius 3 is 2.64 bits per heavy atom. The first-order chi connectivity index (χ1) is 10.2. The van der Waals surface area contributed by atoms with Crippen molar-refractivity contribution >= 4 is 11.6 Å². The molecule has 2 aromatic rings. The molecule has 1 unspecified atom stereocenters. The second-order valence-corrected chi connectivity index (χ2v) is 7.34. The van der Waals surface area contributed by atoms with E-state index in [4.69, 9.17) is 11.6 Å². The summed E-state index contributed by atoms with van der Waals surface area (Å²) in [6.07, 6.45) is 1.84. The second kappa shape index (κ2) is 6.41. The first-order valence-electron chi connectivity index (χ1n) is 7.42. The molecule has 0 bridgehead atoms. The molecule has 0 spiro atoms. The van der Waals surface area contributed by atoms with Crippen LogP contribution in [0.5, 0.6) is 0 Å². The number of aliphatic hydroxyl groups is 1. The summed E-state index contributed by atoms with van der Waals surface area (Å²) < 4.78 is 0. The van der Waals surface area contributed by atoms with Gasteiger partial charge in [-0.2, -0.15) is 5.10 Å². The highest BCUT2D eigenvalue weighted by Gasteiger charge is 2.24. The number of aromatic nitrogens is 2. The van der Waals surface area contributed by atoms with Gasteiger partial charge in [-0.3, -0.25) is 5.10 Å². The Balaban J connectivity index is 2.00. The second-order valence-electron chi connectivity index (χ2n) is 6.91. The Morgan fingerprint density at radius 2 is 2.00 bits per heavy atom. The molecule has 1 heterocycles. The van der Waals surface area contributed by atoms with E-state index in [2.05, 4.69) is 36.3 Å². The van der Waals surface area contributed by atoms with Crippen molar-refractivity contribution in [3.63, 3.8) is 0 Å². The first kappa shape index (κ1) is 17.0. The molecule has 0 radical (unpaired) electrons. The molecule has 0 amide bonds. The molecule has 5 heteroatoms. The fourth-order valence-electron chi connectivity index (χ4n) is 2.46. The molecule has 4 nitrogen and oxygen atoms in total. The van der Waals surface area contributed by atoms with Crippen molar-refractivity contribution in [1.29, 1.82) is 0 Å². The van der Waals surface area contributed by atoms with Crippen molar-refractivity contribution in [2.24, 2.45) is 0 Å². The first-order valence-corrected chi connectivity index (χ1v) is 7.80. The number of halogens is 1. The molecule has 1 aromatic heterocycles. The van der Waals surface area contributed by atoms with Crippen LogP contribution in [0.1, 0.15) is 44.5 Å². The summed E-state index contributed by atoms with van der Waals surface area (Å²) >= 11 is 5.99. The van der Waals surface area contributed by atoms with E-state index in [1.165, 1.54) is 0 Å². The van der Waals surface area contributed by atoms with Crippen LogP contribution in [0.2, 0.25) is 5.02 Å². The quantitative estimate of drug-likeness (QED) is 0.791. The fraction of sp³-hybridized carbons (Fsp3) is 0.471. The predicted molar refractivity (Wildman–Crippen MR) is 90.0 cm³/mol. The minimum atomic E-state index is -0.976. The van der Waals surface area contributed by atoms with Gasteiger partial charge in [0.15, 0.2) is 0 Å². The average Bonchev–Trinajstić information content (AvgIpc) is 2.87. The third-order valence-electron chi connectivity index (χ3n) is 3.70. The third-order valence-corrected chi connectivity index (χ3v) is 3.93. The molecular weight excluding hydrogens is 298 g/mol. The molecular formula is C17H24ClN3O. The lowest BCUT2D eigenvalue weighted by atomic mass is 9.89. The number of aromatic amines is 1. The van der Waals surface area contributed by atoms with Gasteiger partial charge in [-0.1, -0.05) is 44.5 Å². The van der Waals surface area contributed by atoms with Gasteiger partial charge in [-0.05, 0) is 24.6 Å². The molecule has 22 heavy (non-hydrogen) atoms. The lowest BCUT2D eigenvalue weighted by molar-refractivity contribution is 0.0566. The van der Waals surface area contributed by atoms with Gasteiger partial charge in [0.1, 0.15) is 0 Å². The van der Waals surface area contributed by atoms with Crippen LogP contribution in [0.15, 0.2) is 30.5 Å². The van der Waals surface area contributed by atoms with E-state index >= 15 is 0 Å². The summed E-state index contributed by atoms with van der Waals surface area (Å²) in [5, 5.41) is 21.7. The maximum Gasteiger partial charge on any atom is 0.0992 e. The van der Waals surface area contributed by atoms with Crippen molar-refractivity contribution in [3.05, 3.63) is 52.3 Å². The predicted octanol–water partition coefficient (Wildman–Crippen LogP) is 3.36. The molecule has 0 aliphatic carbocycles. The van der Waals surface area contributed by atoms with Crippen LogP contribution in [0.4, 0.5) is 0 Å². The zero-order valence-corrected chi connectivity index (χ0v) is 14.3. The van der Waals surface area contributed by atoms with E-state index < -0.39 is 5.60 Å². The summed E-state index contributed by atoms with van der Waals surface area (Å²) in [6, 6.07) is 7.32. The van der Waals surface area contributed by atoms with E-state index in [1.807, 2.05) is 18.3 Å². The van der Waals surface area contributed by atoms with E-state index in [0.717, 1.165) is 16.8 Å². The SMILES string of the molecule is CC(C)(C)c1[nH]ncc1CNCC(C)(O)c1cccc(Cl)c1. The smallest absolute Gasteiger partial charge is 0.0992 e. The Labute approximate surface area is 136 Å². The number of nitrogens with one attached hydrogen (secondary N) is 2. The molecule has 0 saturated heterocycles. The Morgan fingerprint density at radius 1 is 1.27 bits per heavy atom. The number of benzene rings is 1. The van der Waals surface area contributed by atoms with Gasteiger partial charge in [0, 0.05) is 34.8 Å². The zero-order valence-electron chi connectivity index (χ0n) is 13.6. The molecule has 0 fully saturated rings. The molecule has 3 N–H and O–H groups in total. The highest BCUT2D eigenvalue weighted by Crippen LogP contribution is 2.25. The summed E-state index contributed by atoms with van der Waals surface area (Å²) in [5.41, 5.74) is 2.08. The minimum absolute atomic E-state index is 0.0169. The number of rotatable bonds is 5. The van der Waals surface area contributed by atoms with E-state index in [0.29, 0.717) is 18.1 Å². The Kier molecular flexibility index (Phi) is 4.95. The van der Waals surface area contributed by atoms with Crippen molar-refractivity contribution in [1.82, 2.24) is 15.5 Å². The number of nitrogens with zero attached hydrogens (tertiary/aromatic N) is 1. The molecule has 1 atom stereocenters. The Bertz CT molecular complexity index is 629. The van der Waals surface area contributed by atoms with Crippen molar-refractivity contribution in [2.45, 2.75) is 45.3 Å². The average molecular weight is 322 g/mol. The molecule has 120 valence electrons. The molecule has 2 rings (SSSR count). The maximum absolute atomic E-state index is 10.6. The van der Waals surface area contributed by atoms with Crippen LogP contribution in [0, 0.1) is 0 Å². The summed E-state index contributed by atoms with van der Waals surface area (Å²) in [5.74, 6) is 0. The van der Waals surface area contributed by atoms with Gasteiger partial charge in [-0.25, -0.2) is 0 Å². The highest BCUT2D eigenvalue weighted by atomic mass is 35.5. The summed E-state index contributed by atoms with van der Waals surface area (Å²) in [4.78, 5) is 0. The Hall–Kier alpha value is -1.36. The molecule has 0 aliphatic heterocycles. The van der Waals surface area contributed by atoms with Crippen molar-refractivity contribution in [2.75, 3.05) is 6.54 Å². The lowest BCUT2D eigenvalue weighted by Crippen LogP contribution is -2.35. The molecule has 0 aliphatic rings. The van der Waals surface area contributed by atoms with E-state index in [-0.39, 0.29) is 5.41 Å². The van der Waals surface area contributed by atoms with Crippen LogP contribution >= 0.6 is 11.6 Å². The largest absolute Gasteiger partial charge is 0.384 e. The zero-order chi connectivity index (χ0) is 16.4. The fourth-order valence-corrected chi connectivity index (χ4v) is 2.65. The van der Waals surface area contributed by atoms with Gasteiger partial charge < -0.3 is 10.4 Å². The van der Waals surface area contributed by atoms with Crippen LogP contribution in [-0.2, 0) is 17.6 Å². The van der Waals surface area contributed by atoms with Crippen molar-refractivity contribution in [3.8, 4) is 0 Å². The lowest BCUT2D eigenvalue weighted by Gasteiger charge is -2.25. The highest BCUT2D eigenvalue weighted by molar-refractivity contribution is 6.30. The van der Waals surface area contributed by atoms with Gasteiger partial charge in [-0.15, -0.1) is 0 Å². The van der Waals surface area contributed by atoms with Crippen LogP contribution in [0.25, 0.3) is 0 Å². The summed E-state index contributed by atoms with van der Waals surface area (Å²) in [7, 11) is 0. The minimum Gasteiger partial charge on any atom is -0.384 e. The van der Waals surface area contributed by atoms with E-state index in [9.17, 15) is 5.11 Å². The maximum atomic E-state index is 10.6. The van der Waals surface area contributed by atoms with Crippen LogP contribution in [0.3, 0.4) is 0 Å². The van der Waals surface area contributed by atoms with Crippen molar-refractivity contribution < 1.29 is 5.11 Å². The third kappa shape index (κ3) is 4.09. The molecule has 1 aromatic carbocycles. The van der Waals surface area contributed by atoms with E-state index in [1.54, 1.807) is 19.1 Å². The monoisotopic (exact) mass is 321 g/mol. The standard InChI is InChI=1S/C17H24ClN3O/c1-16(2,3)15-12(10-20-21-15)9-19-11-17(4,22)13-6-5-7-14(18)8-13/h5-8,10,19,22H,9,11H2,1-4H3,(H,20,21). The van der Waals surface area contributed by atoms with Crippen LogP contribution < -0.4 is 5.32 Å². The normalized spacial score (nSPS) is 14.8. The molecule has 0 saturated carbocycles. The summed E-state index contributed by atoms with van der Waals surface area (Å²) in [6.45, 7) is 9.30. The topological polar surface area (TPSA) is 60.9 Å². The van der Waals surface area contributed by atoms with Gasteiger partial charge in [0.25, 0.3) is 0 Å². The number of hydrogen-bond donors (Lipinski definition) is 3. The van der Waals surface area contributed by atoms with Crippen LogP contribution in [-0.4, -0.2) is 21.8 Å². The number of hydrogen-bond acceptors (Lipinski definition) is 3. The number of H-pyrrole nitrogens is 1. The van der Waals surface area contributed by atoms with Gasteiger partial charge >= 0.3 is 0 Å².